The van der Waals surface area contributed by atoms with Gasteiger partial charge in [0.15, 0.2) is 0 Å². The smallest absolute Gasteiger partial charge is 0.315 e. The molecular formula is C10H20N4O2. The van der Waals surface area contributed by atoms with Crippen molar-refractivity contribution in [1.29, 1.82) is 0 Å². The van der Waals surface area contributed by atoms with E-state index >= 15 is 0 Å². The van der Waals surface area contributed by atoms with E-state index in [9.17, 15) is 0 Å². The summed E-state index contributed by atoms with van der Waals surface area (Å²) in [5, 5.41) is 10.9. The van der Waals surface area contributed by atoms with Crippen LogP contribution in [0.5, 0.6) is 0 Å². The summed E-state index contributed by atoms with van der Waals surface area (Å²) in [6.45, 7) is 5.32. The van der Waals surface area contributed by atoms with Crippen molar-refractivity contribution in [3.8, 4) is 0 Å². The summed E-state index contributed by atoms with van der Waals surface area (Å²) < 4.78 is 10.5. The van der Waals surface area contributed by atoms with E-state index in [0.29, 0.717) is 37.4 Å². The summed E-state index contributed by atoms with van der Waals surface area (Å²) in [5.74, 6) is 0.981. The lowest BCUT2D eigenvalue weighted by atomic mass is 10.1. The van der Waals surface area contributed by atoms with E-state index in [-0.39, 0.29) is 6.04 Å². The Balaban J connectivity index is 2.55. The molecule has 1 heterocycles. The molecule has 0 fully saturated rings. The molecule has 0 aliphatic heterocycles. The van der Waals surface area contributed by atoms with Crippen molar-refractivity contribution in [2.45, 2.75) is 26.3 Å². The highest BCUT2D eigenvalue weighted by Gasteiger charge is 2.16. The summed E-state index contributed by atoms with van der Waals surface area (Å²) in [6.07, 6.45) is 0.602. The van der Waals surface area contributed by atoms with Crippen LogP contribution in [0, 0.1) is 5.92 Å². The first-order valence-corrected chi connectivity index (χ1v) is 5.45. The number of methoxy groups -OCH3 is 1. The van der Waals surface area contributed by atoms with Crippen molar-refractivity contribution in [2.24, 2.45) is 11.7 Å². The van der Waals surface area contributed by atoms with E-state index in [0.717, 1.165) is 0 Å². The van der Waals surface area contributed by atoms with Gasteiger partial charge in [0, 0.05) is 20.1 Å². The fraction of sp³-hybridized carbons (Fsp3) is 0.800. The highest BCUT2D eigenvalue weighted by Crippen LogP contribution is 2.12. The average Bonchev–Trinajstić information content (AvgIpc) is 2.65. The first-order chi connectivity index (χ1) is 7.67. The van der Waals surface area contributed by atoms with Gasteiger partial charge in [-0.05, 0) is 5.92 Å². The Morgan fingerprint density at radius 1 is 1.44 bits per heavy atom. The fourth-order valence-corrected chi connectivity index (χ4v) is 1.28. The monoisotopic (exact) mass is 228 g/mol. The zero-order chi connectivity index (χ0) is 12.0. The standard InChI is InChI=1S/C10H20N4O2/c1-7(2)8(6-15-3)12-10-14-13-9(16-10)4-5-11/h7-8H,4-6,11H2,1-3H3,(H,12,14). The molecule has 0 amide bonds. The molecular weight excluding hydrogens is 208 g/mol. The normalized spacial score (nSPS) is 13.1. The molecule has 0 saturated heterocycles. The number of hydrogen-bond donors (Lipinski definition) is 2. The Kier molecular flexibility index (Phi) is 5.21. The van der Waals surface area contributed by atoms with Crippen LogP contribution in [0.25, 0.3) is 0 Å². The molecule has 0 radical (unpaired) electrons. The molecule has 3 N–H and O–H groups in total. The molecule has 1 aromatic rings. The van der Waals surface area contributed by atoms with Crippen LogP contribution in [-0.4, -0.2) is 36.5 Å². The Bertz CT molecular complexity index is 301. The molecule has 1 aromatic heterocycles. The van der Waals surface area contributed by atoms with Crippen molar-refractivity contribution >= 4 is 6.01 Å². The van der Waals surface area contributed by atoms with Gasteiger partial charge in [0.1, 0.15) is 0 Å². The molecule has 0 aromatic carbocycles. The molecule has 0 spiro atoms. The third-order valence-electron chi connectivity index (χ3n) is 2.28. The summed E-state index contributed by atoms with van der Waals surface area (Å²) in [6, 6.07) is 0.593. The minimum atomic E-state index is 0.163. The van der Waals surface area contributed by atoms with Crippen LogP contribution in [0.2, 0.25) is 0 Å². The van der Waals surface area contributed by atoms with Crippen molar-refractivity contribution < 1.29 is 9.15 Å². The molecule has 1 rings (SSSR count). The Hall–Kier alpha value is -1.14. The van der Waals surface area contributed by atoms with Crippen LogP contribution < -0.4 is 11.1 Å². The highest BCUT2D eigenvalue weighted by atomic mass is 16.5. The highest BCUT2D eigenvalue weighted by molar-refractivity contribution is 5.19. The molecule has 0 bridgehead atoms. The number of nitrogens with zero attached hydrogens (tertiary/aromatic N) is 2. The van der Waals surface area contributed by atoms with E-state index in [1.54, 1.807) is 7.11 Å². The third-order valence-corrected chi connectivity index (χ3v) is 2.28. The SMILES string of the molecule is COCC(Nc1nnc(CCN)o1)C(C)C. The molecule has 1 atom stereocenters. The van der Waals surface area contributed by atoms with E-state index < -0.39 is 0 Å². The van der Waals surface area contributed by atoms with Crippen molar-refractivity contribution in [2.75, 3.05) is 25.6 Å². The molecule has 0 aliphatic carbocycles. The Labute approximate surface area is 95.6 Å². The fourth-order valence-electron chi connectivity index (χ4n) is 1.28. The van der Waals surface area contributed by atoms with Crippen LogP contribution in [0.15, 0.2) is 4.42 Å². The second kappa shape index (κ2) is 6.44. The summed E-state index contributed by atoms with van der Waals surface area (Å²) in [4.78, 5) is 0. The van der Waals surface area contributed by atoms with Gasteiger partial charge in [0.05, 0.1) is 12.6 Å². The van der Waals surface area contributed by atoms with Gasteiger partial charge in [-0.25, -0.2) is 0 Å². The van der Waals surface area contributed by atoms with Crippen molar-refractivity contribution in [3.05, 3.63) is 5.89 Å². The van der Waals surface area contributed by atoms with E-state index in [1.165, 1.54) is 0 Å². The van der Waals surface area contributed by atoms with Crippen molar-refractivity contribution in [3.63, 3.8) is 0 Å². The molecule has 0 aliphatic rings. The quantitative estimate of drug-likeness (QED) is 0.712. The first kappa shape index (κ1) is 12.9. The van der Waals surface area contributed by atoms with Crippen LogP contribution >= 0.6 is 0 Å². The average molecular weight is 228 g/mol. The molecule has 92 valence electrons. The minimum absolute atomic E-state index is 0.163. The number of nitrogens with one attached hydrogen (secondary N) is 1. The van der Waals surface area contributed by atoms with E-state index in [1.807, 2.05) is 0 Å². The zero-order valence-electron chi connectivity index (χ0n) is 10.1. The summed E-state index contributed by atoms with van der Waals surface area (Å²) >= 11 is 0. The third kappa shape index (κ3) is 3.79. The number of rotatable bonds is 7. The second-order valence-electron chi connectivity index (χ2n) is 3.99. The number of nitrogens with two attached hydrogens (primary N) is 1. The maximum Gasteiger partial charge on any atom is 0.315 e. The molecule has 6 nitrogen and oxygen atoms in total. The van der Waals surface area contributed by atoms with Crippen molar-refractivity contribution in [1.82, 2.24) is 10.2 Å². The van der Waals surface area contributed by atoms with Gasteiger partial charge in [-0.1, -0.05) is 18.9 Å². The largest absolute Gasteiger partial charge is 0.408 e. The number of aromatic nitrogens is 2. The number of ether oxygens (including phenoxy) is 1. The zero-order valence-corrected chi connectivity index (χ0v) is 10.1. The maximum absolute atomic E-state index is 5.40. The van der Waals surface area contributed by atoms with Gasteiger partial charge in [0.2, 0.25) is 5.89 Å². The summed E-state index contributed by atoms with van der Waals surface area (Å²) in [5.41, 5.74) is 5.40. The lowest BCUT2D eigenvalue weighted by molar-refractivity contribution is 0.170. The van der Waals surface area contributed by atoms with Gasteiger partial charge in [-0.3, -0.25) is 0 Å². The van der Waals surface area contributed by atoms with Crippen LogP contribution in [0.1, 0.15) is 19.7 Å². The molecule has 1 unspecified atom stereocenters. The number of hydrogen-bond acceptors (Lipinski definition) is 6. The Morgan fingerprint density at radius 3 is 2.75 bits per heavy atom. The molecule has 16 heavy (non-hydrogen) atoms. The van der Waals surface area contributed by atoms with Gasteiger partial charge in [0.25, 0.3) is 0 Å². The van der Waals surface area contributed by atoms with E-state index in [4.69, 9.17) is 14.9 Å². The molecule has 6 heteroatoms. The van der Waals surface area contributed by atoms with Gasteiger partial charge < -0.3 is 20.2 Å². The second-order valence-corrected chi connectivity index (χ2v) is 3.99. The minimum Gasteiger partial charge on any atom is -0.408 e. The van der Waals surface area contributed by atoms with Gasteiger partial charge >= 0.3 is 6.01 Å². The lowest BCUT2D eigenvalue weighted by Crippen LogP contribution is -2.30. The molecule has 0 saturated carbocycles. The predicted molar refractivity (Wildman–Crippen MR) is 61.2 cm³/mol. The Morgan fingerprint density at radius 2 is 2.19 bits per heavy atom. The topological polar surface area (TPSA) is 86.2 Å². The number of anilines is 1. The lowest BCUT2D eigenvalue weighted by Gasteiger charge is -2.19. The van der Waals surface area contributed by atoms with Crippen LogP contribution in [-0.2, 0) is 11.2 Å². The van der Waals surface area contributed by atoms with E-state index in [2.05, 4.69) is 29.4 Å². The van der Waals surface area contributed by atoms with Crippen LogP contribution in [0.4, 0.5) is 6.01 Å². The van der Waals surface area contributed by atoms with Gasteiger partial charge in [-0.15, -0.1) is 5.10 Å². The van der Waals surface area contributed by atoms with Crippen LogP contribution in [0.3, 0.4) is 0 Å². The predicted octanol–water partition coefficient (Wildman–Crippen LogP) is 0.654. The summed E-state index contributed by atoms with van der Waals surface area (Å²) in [7, 11) is 1.67. The van der Waals surface area contributed by atoms with Gasteiger partial charge in [-0.2, -0.15) is 0 Å². The first-order valence-electron chi connectivity index (χ1n) is 5.45. The maximum atomic E-state index is 5.40.